The van der Waals surface area contributed by atoms with Crippen molar-refractivity contribution >= 4 is 17.3 Å². The quantitative estimate of drug-likeness (QED) is 0.638. The van der Waals surface area contributed by atoms with Crippen LogP contribution in [0.25, 0.3) is 0 Å². The van der Waals surface area contributed by atoms with Crippen molar-refractivity contribution in [3.8, 4) is 0 Å². The molecule has 118 valence electrons. The second-order valence-electron chi connectivity index (χ2n) is 6.56. The summed E-state index contributed by atoms with van der Waals surface area (Å²) in [4.78, 5) is 0. The predicted octanol–water partition coefficient (Wildman–Crippen LogP) is 6.73. The number of benzene rings is 1. The first-order valence-electron chi connectivity index (χ1n) is 8.78. The molecule has 0 aliphatic heterocycles. The van der Waals surface area contributed by atoms with Crippen LogP contribution < -0.4 is 5.32 Å². The van der Waals surface area contributed by atoms with E-state index in [-0.39, 0.29) is 0 Å². The standard InChI is InChI=1S/C19H30ClN/c1-16-15-17(20)13-14-19(16)21-18-11-9-7-5-3-2-4-6-8-10-12-18/h13-15,18,21H,2-12H2,1H3. The molecule has 0 spiro atoms. The van der Waals surface area contributed by atoms with Gasteiger partial charge in [0, 0.05) is 16.8 Å². The Morgan fingerprint density at radius 2 is 1.38 bits per heavy atom. The van der Waals surface area contributed by atoms with E-state index in [4.69, 9.17) is 11.6 Å². The van der Waals surface area contributed by atoms with Crippen LogP contribution in [0, 0.1) is 6.92 Å². The summed E-state index contributed by atoms with van der Waals surface area (Å²) in [5.74, 6) is 0. The SMILES string of the molecule is Cc1cc(Cl)ccc1NC1CCCCCCCCCCC1. The number of rotatable bonds is 2. The molecule has 0 atom stereocenters. The van der Waals surface area contributed by atoms with Gasteiger partial charge in [0.2, 0.25) is 0 Å². The van der Waals surface area contributed by atoms with Crippen LogP contribution in [-0.2, 0) is 0 Å². The number of aryl methyl sites for hydroxylation is 1. The zero-order chi connectivity index (χ0) is 14.9. The fourth-order valence-corrected chi connectivity index (χ4v) is 3.54. The molecule has 21 heavy (non-hydrogen) atoms. The van der Waals surface area contributed by atoms with E-state index in [1.807, 2.05) is 6.07 Å². The molecule has 0 saturated heterocycles. The summed E-state index contributed by atoms with van der Waals surface area (Å²) < 4.78 is 0. The van der Waals surface area contributed by atoms with E-state index in [0.29, 0.717) is 6.04 Å². The maximum Gasteiger partial charge on any atom is 0.0410 e. The molecular weight excluding hydrogens is 278 g/mol. The van der Waals surface area contributed by atoms with Crippen molar-refractivity contribution in [1.29, 1.82) is 0 Å². The predicted molar refractivity (Wildman–Crippen MR) is 94.4 cm³/mol. The maximum atomic E-state index is 6.05. The first-order valence-corrected chi connectivity index (χ1v) is 9.16. The Hall–Kier alpha value is -0.690. The topological polar surface area (TPSA) is 12.0 Å². The fourth-order valence-electron chi connectivity index (χ4n) is 3.32. The van der Waals surface area contributed by atoms with Crippen LogP contribution in [0.3, 0.4) is 0 Å². The normalized spacial score (nSPS) is 19.5. The maximum absolute atomic E-state index is 6.05. The van der Waals surface area contributed by atoms with E-state index in [1.165, 1.54) is 81.9 Å². The van der Waals surface area contributed by atoms with Crippen molar-refractivity contribution in [3.63, 3.8) is 0 Å². The Labute approximate surface area is 135 Å². The molecule has 1 aliphatic rings. The van der Waals surface area contributed by atoms with Crippen molar-refractivity contribution in [3.05, 3.63) is 28.8 Å². The van der Waals surface area contributed by atoms with Crippen LogP contribution in [0.1, 0.15) is 76.2 Å². The highest BCUT2D eigenvalue weighted by atomic mass is 35.5. The molecule has 0 bridgehead atoms. The zero-order valence-electron chi connectivity index (χ0n) is 13.5. The van der Waals surface area contributed by atoms with Crippen molar-refractivity contribution in [2.45, 2.75) is 83.6 Å². The molecule has 2 heteroatoms. The van der Waals surface area contributed by atoms with Crippen molar-refractivity contribution < 1.29 is 0 Å². The van der Waals surface area contributed by atoms with Gasteiger partial charge in [0.1, 0.15) is 0 Å². The minimum absolute atomic E-state index is 0.629. The monoisotopic (exact) mass is 307 g/mol. The van der Waals surface area contributed by atoms with Crippen LogP contribution in [0.5, 0.6) is 0 Å². The summed E-state index contributed by atoms with van der Waals surface area (Å²) in [6, 6.07) is 6.81. The van der Waals surface area contributed by atoms with Crippen LogP contribution in [-0.4, -0.2) is 6.04 Å². The van der Waals surface area contributed by atoms with Gasteiger partial charge in [0.05, 0.1) is 0 Å². The lowest BCUT2D eigenvalue weighted by molar-refractivity contribution is 0.480. The first-order chi connectivity index (χ1) is 10.3. The third-order valence-electron chi connectivity index (χ3n) is 4.65. The summed E-state index contributed by atoms with van der Waals surface area (Å²) >= 11 is 6.05. The van der Waals surface area contributed by atoms with E-state index >= 15 is 0 Å². The molecule has 1 fully saturated rings. The first kappa shape index (κ1) is 16.7. The van der Waals surface area contributed by atoms with Gasteiger partial charge in [-0.15, -0.1) is 0 Å². The average molecular weight is 308 g/mol. The van der Waals surface area contributed by atoms with Crippen molar-refractivity contribution in [2.75, 3.05) is 5.32 Å². The van der Waals surface area contributed by atoms with Gasteiger partial charge in [0.15, 0.2) is 0 Å². The Morgan fingerprint density at radius 1 is 0.857 bits per heavy atom. The van der Waals surface area contributed by atoms with E-state index in [2.05, 4.69) is 24.4 Å². The van der Waals surface area contributed by atoms with Crippen LogP contribution in [0.2, 0.25) is 5.02 Å². The van der Waals surface area contributed by atoms with Gasteiger partial charge < -0.3 is 5.32 Å². The summed E-state index contributed by atoms with van der Waals surface area (Å²) in [6.45, 7) is 2.14. The van der Waals surface area contributed by atoms with Crippen LogP contribution >= 0.6 is 11.6 Å². The number of anilines is 1. The number of halogens is 1. The number of hydrogen-bond donors (Lipinski definition) is 1. The third kappa shape index (κ3) is 6.30. The number of nitrogens with one attached hydrogen (secondary N) is 1. The van der Waals surface area contributed by atoms with Gasteiger partial charge >= 0.3 is 0 Å². The molecule has 0 unspecified atom stereocenters. The lowest BCUT2D eigenvalue weighted by Gasteiger charge is -2.22. The average Bonchev–Trinajstić information content (AvgIpc) is 2.44. The summed E-state index contributed by atoms with van der Waals surface area (Å²) in [6.07, 6.45) is 15.3. The van der Waals surface area contributed by atoms with Gasteiger partial charge in [-0.2, -0.15) is 0 Å². The highest BCUT2D eigenvalue weighted by Gasteiger charge is 2.10. The highest BCUT2D eigenvalue weighted by molar-refractivity contribution is 6.30. The van der Waals surface area contributed by atoms with Gasteiger partial charge in [-0.3, -0.25) is 0 Å². The molecule has 0 heterocycles. The lowest BCUT2D eigenvalue weighted by atomic mass is 9.97. The van der Waals surface area contributed by atoms with Gasteiger partial charge in [-0.05, 0) is 43.5 Å². The molecule has 0 radical (unpaired) electrons. The molecule has 1 aromatic carbocycles. The van der Waals surface area contributed by atoms with Gasteiger partial charge in [0.25, 0.3) is 0 Å². The molecule has 0 amide bonds. The van der Waals surface area contributed by atoms with E-state index < -0.39 is 0 Å². The van der Waals surface area contributed by atoms with Gasteiger partial charge in [-0.1, -0.05) is 69.4 Å². The minimum atomic E-state index is 0.629. The molecule has 1 saturated carbocycles. The van der Waals surface area contributed by atoms with E-state index in [1.54, 1.807) is 0 Å². The highest BCUT2D eigenvalue weighted by Crippen LogP contribution is 2.24. The summed E-state index contributed by atoms with van der Waals surface area (Å²) in [7, 11) is 0. The van der Waals surface area contributed by atoms with E-state index in [0.717, 1.165) is 5.02 Å². The largest absolute Gasteiger partial charge is 0.382 e. The molecule has 1 nitrogen and oxygen atoms in total. The second kappa shape index (κ2) is 9.35. The molecule has 0 aromatic heterocycles. The zero-order valence-corrected chi connectivity index (χ0v) is 14.2. The third-order valence-corrected chi connectivity index (χ3v) is 4.89. The molecule has 1 N–H and O–H groups in total. The smallest absolute Gasteiger partial charge is 0.0410 e. The Balaban J connectivity index is 1.90. The van der Waals surface area contributed by atoms with Gasteiger partial charge in [-0.25, -0.2) is 0 Å². The Morgan fingerprint density at radius 3 is 1.90 bits per heavy atom. The second-order valence-corrected chi connectivity index (χ2v) is 7.00. The van der Waals surface area contributed by atoms with Crippen molar-refractivity contribution in [2.24, 2.45) is 0 Å². The van der Waals surface area contributed by atoms with E-state index in [9.17, 15) is 0 Å². The number of hydrogen-bond acceptors (Lipinski definition) is 1. The van der Waals surface area contributed by atoms with Crippen LogP contribution in [0.15, 0.2) is 18.2 Å². The summed E-state index contributed by atoms with van der Waals surface area (Å²) in [5, 5.41) is 4.60. The Kier molecular flexibility index (Phi) is 7.43. The minimum Gasteiger partial charge on any atom is -0.382 e. The Bertz CT molecular complexity index is 404. The van der Waals surface area contributed by atoms with Crippen molar-refractivity contribution in [1.82, 2.24) is 0 Å². The molecular formula is C19H30ClN. The summed E-state index contributed by atoms with van der Waals surface area (Å²) in [5.41, 5.74) is 2.52. The molecule has 1 aromatic rings. The molecule has 1 aliphatic carbocycles. The van der Waals surface area contributed by atoms with Crippen LogP contribution in [0.4, 0.5) is 5.69 Å². The molecule has 2 rings (SSSR count). The lowest BCUT2D eigenvalue weighted by Crippen LogP contribution is -2.20. The fraction of sp³-hybridized carbons (Fsp3) is 0.684.